The zero-order valence-corrected chi connectivity index (χ0v) is 25.0. The third-order valence-electron chi connectivity index (χ3n) is 7.93. The van der Waals surface area contributed by atoms with Gasteiger partial charge < -0.3 is 15.4 Å². The van der Waals surface area contributed by atoms with Crippen molar-refractivity contribution in [2.45, 2.75) is 84.0 Å². The Bertz CT molecular complexity index is 1210. The van der Waals surface area contributed by atoms with Crippen molar-refractivity contribution >= 4 is 34.9 Å². The number of carbonyl (C=O) groups excluding carboxylic acids is 1. The van der Waals surface area contributed by atoms with Crippen LogP contribution in [0, 0.1) is 17.8 Å². The van der Waals surface area contributed by atoms with Crippen molar-refractivity contribution in [3.05, 3.63) is 23.0 Å². The number of halogens is 4. The van der Waals surface area contributed by atoms with Gasteiger partial charge in [0.2, 0.25) is 0 Å². The van der Waals surface area contributed by atoms with Crippen LogP contribution in [0.3, 0.4) is 0 Å². The number of anilines is 1. The summed E-state index contributed by atoms with van der Waals surface area (Å²) in [7, 11) is 1.50. The first-order valence-corrected chi connectivity index (χ1v) is 14.9. The standard InChI is InChI=1S/C27H37ClF3N5O2.O2S/c1-4-36-25(23(28)24(35-36)26(37)33-14-17-10-8-16(2)9-11-17)20-15-32-22(13-21(20)38-3)34-19-7-5-6-18(12-19)27(29,30)31;1-3-2/h13,15-19H,4-12,14H2,1-3H3,(H,32,34)(H,33,37);. The van der Waals surface area contributed by atoms with E-state index in [1.807, 2.05) is 6.92 Å². The highest BCUT2D eigenvalue weighted by Gasteiger charge is 2.42. The molecule has 0 bridgehead atoms. The number of amides is 1. The van der Waals surface area contributed by atoms with Gasteiger partial charge >= 0.3 is 17.7 Å². The van der Waals surface area contributed by atoms with E-state index in [2.05, 4.69) is 27.6 Å². The molecule has 41 heavy (non-hydrogen) atoms. The number of aryl methyl sites for hydroxylation is 1. The van der Waals surface area contributed by atoms with E-state index in [9.17, 15) is 18.0 Å². The van der Waals surface area contributed by atoms with Gasteiger partial charge in [0.05, 0.1) is 29.3 Å². The molecule has 0 aromatic carbocycles. The molecule has 2 aliphatic rings. The lowest BCUT2D eigenvalue weighted by molar-refractivity contribution is -0.182. The molecule has 2 fully saturated rings. The molecule has 2 heterocycles. The van der Waals surface area contributed by atoms with Crippen LogP contribution in [-0.4, -0.2) is 55.0 Å². The van der Waals surface area contributed by atoms with Gasteiger partial charge in [0.15, 0.2) is 5.69 Å². The summed E-state index contributed by atoms with van der Waals surface area (Å²) in [6.07, 6.45) is 3.26. The highest BCUT2D eigenvalue weighted by atomic mass is 35.5. The van der Waals surface area contributed by atoms with Gasteiger partial charge in [0.25, 0.3) is 5.91 Å². The van der Waals surface area contributed by atoms with E-state index in [-0.39, 0.29) is 35.5 Å². The Morgan fingerprint density at radius 1 is 1.20 bits per heavy atom. The molecule has 1 amide bonds. The number of hydrogen-bond acceptors (Lipinski definition) is 7. The summed E-state index contributed by atoms with van der Waals surface area (Å²) in [5.74, 6) is 0.440. The van der Waals surface area contributed by atoms with Gasteiger partial charge in [-0.15, -0.1) is 0 Å². The van der Waals surface area contributed by atoms with E-state index in [4.69, 9.17) is 24.8 Å². The molecule has 2 atom stereocenters. The molecule has 228 valence electrons. The first kappa shape index (κ1) is 32.8. The molecule has 4 rings (SSSR count). The maximum absolute atomic E-state index is 13.2. The summed E-state index contributed by atoms with van der Waals surface area (Å²) in [6, 6.07) is 1.32. The molecule has 0 radical (unpaired) electrons. The van der Waals surface area contributed by atoms with Crippen molar-refractivity contribution < 1.29 is 31.1 Å². The summed E-state index contributed by atoms with van der Waals surface area (Å²) in [5, 5.41) is 10.8. The minimum atomic E-state index is -4.19. The quantitative estimate of drug-likeness (QED) is 0.370. The minimum absolute atomic E-state index is 0.0159. The number of ether oxygens (including phenoxy) is 1. The second-order valence-electron chi connectivity index (χ2n) is 10.7. The van der Waals surface area contributed by atoms with Gasteiger partial charge in [0.1, 0.15) is 11.6 Å². The molecule has 0 aliphatic heterocycles. The fourth-order valence-electron chi connectivity index (χ4n) is 5.62. The van der Waals surface area contributed by atoms with Gasteiger partial charge in [0, 0.05) is 31.4 Å². The third kappa shape index (κ3) is 8.67. The molecular weight excluding hydrogens is 583 g/mol. The summed E-state index contributed by atoms with van der Waals surface area (Å²) < 4.78 is 63.5. The molecule has 9 nitrogen and oxygen atoms in total. The summed E-state index contributed by atoms with van der Waals surface area (Å²) in [4.78, 5) is 17.5. The highest BCUT2D eigenvalue weighted by Crippen LogP contribution is 2.40. The third-order valence-corrected chi connectivity index (χ3v) is 8.28. The average Bonchev–Trinajstić information content (AvgIpc) is 3.28. The zero-order chi connectivity index (χ0) is 30.2. The van der Waals surface area contributed by atoms with Gasteiger partial charge in [-0.1, -0.05) is 37.8 Å². The topological polar surface area (TPSA) is 115 Å². The normalized spacial score (nSPS) is 22.7. The van der Waals surface area contributed by atoms with Crippen LogP contribution in [0.2, 0.25) is 5.02 Å². The number of pyridine rings is 1. The van der Waals surface area contributed by atoms with E-state index in [1.165, 1.54) is 20.0 Å². The van der Waals surface area contributed by atoms with Crippen molar-refractivity contribution in [2.75, 3.05) is 19.0 Å². The lowest BCUT2D eigenvalue weighted by Crippen LogP contribution is -2.34. The van der Waals surface area contributed by atoms with Gasteiger partial charge in [-0.2, -0.15) is 26.7 Å². The van der Waals surface area contributed by atoms with Crippen LogP contribution in [0.5, 0.6) is 5.75 Å². The highest BCUT2D eigenvalue weighted by molar-refractivity contribution is 7.51. The maximum atomic E-state index is 13.2. The van der Waals surface area contributed by atoms with Crippen LogP contribution >= 0.6 is 11.6 Å². The van der Waals surface area contributed by atoms with Gasteiger partial charge in [-0.05, 0) is 50.9 Å². The fraction of sp³-hybridized carbons (Fsp3) is 0.667. The van der Waals surface area contributed by atoms with E-state index in [1.54, 1.807) is 16.9 Å². The number of rotatable bonds is 8. The molecule has 2 aliphatic carbocycles. The summed E-state index contributed by atoms with van der Waals surface area (Å²) >= 11 is 5.96. The molecular formula is C27H37ClF3N5O4S. The molecule has 0 saturated heterocycles. The number of nitrogens with zero attached hydrogens (tertiary/aromatic N) is 3. The second-order valence-corrected chi connectivity index (χ2v) is 11.3. The van der Waals surface area contributed by atoms with Crippen molar-refractivity contribution in [1.29, 1.82) is 0 Å². The molecule has 2 N–H and O–H groups in total. The van der Waals surface area contributed by atoms with E-state index >= 15 is 0 Å². The van der Waals surface area contributed by atoms with Crippen LogP contribution in [0.25, 0.3) is 11.3 Å². The van der Waals surface area contributed by atoms with Crippen molar-refractivity contribution in [2.24, 2.45) is 17.8 Å². The Morgan fingerprint density at radius 2 is 1.88 bits per heavy atom. The Labute approximate surface area is 246 Å². The second kappa shape index (κ2) is 15.0. The van der Waals surface area contributed by atoms with E-state index in [0.717, 1.165) is 18.8 Å². The SMILES string of the molecule is CCn1nc(C(=O)NCC2CCC(C)CC2)c(Cl)c1-c1cnc(NC2CCCC(C(F)(F)F)C2)cc1OC.O=S=O. The molecule has 2 saturated carbocycles. The van der Waals surface area contributed by atoms with Crippen LogP contribution < -0.4 is 15.4 Å². The van der Waals surface area contributed by atoms with Gasteiger partial charge in [-0.25, -0.2) is 4.98 Å². The lowest BCUT2D eigenvalue weighted by atomic mass is 9.83. The Balaban J connectivity index is 0.00000147. The maximum Gasteiger partial charge on any atom is 0.391 e. The molecule has 14 heteroatoms. The smallest absolute Gasteiger partial charge is 0.391 e. The lowest BCUT2D eigenvalue weighted by Gasteiger charge is -2.31. The fourth-order valence-corrected chi connectivity index (χ4v) is 5.94. The minimum Gasteiger partial charge on any atom is -0.496 e. The molecule has 2 unspecified atom stereocenters. The van der Waals surface area contributed by atoms with Crippen molar-refractivity contribution in [1.82, 2.24) is 20.1 Å². The monoisotopic (exact) mass is 619 g/mol. The molecule has 2 aromatic rings. The van der Waals surface area contributed by atoms with Crippen LogP contribution in [-0.2, 0) is 18.1 Å². The predicted molar refractivity (Wildman–Crippen MR) is 150 cm³/mol. The Morgan fingerprint density at radius 3 is 2.49 bits per heavy atom. The number of hydrogen-bond donors (Lipinski definition) is 2. The van der Waals surface area contributed by atoms with Crippen LogP contribution in [0.15, 0.2) is 12.3 Å². The van der Waals surface area contributed by atoms with Gasteiger partial charge in [-0.3, -0.25) is 9.48 Å². The number of alkyl halides is 3. The van der Waals surface area contributed by atoms with Crippen LogP contribution in [0.1, 0.15) is 75.7 Å². The summed E-state index contributed by atoms with van der Waals surface area (Å²) in [6.45, 7) is 5.22. The zero-order valence-electron chi connectivity index (χ0n) is 23.4. The Kier molecular flexibility index (Phi) is 12.0. The van der Waals surface area contributed by atoms with Crippen molar-refractivity contribution in [3.63, 3.8) is 0 Å². The molecule has 0 spiro atoms. The van der Waals surface area contributed by atoms with Crippen LogP contribution in [0.4, 0.5) is 19.0 Å². The average molecular weight is 620 g/mol. The first-order chi connectivity index (χ1) is 19.5. The first-order valence-electron chi connectivity index (χ1n) is 13.9. The predicted octanol–water partition coefficient (Wildman–Crippen LogP) is 6.05. The Hall–Kier alpha value is -2.67. The molecule has 2 aromatic heterocycles. The number of methoxy groups -OCH3 is 1. The number of carbonyl (C=O) groups is 1. The van der Waals surface area contributed by atoms with E-state index in [0.29, 0.717) is 54.7 Å². The largest absolute Gasteiger partial charge is 0.496 e. The summed E-state index contributed by atoms with van der Waals surface area (Å²) in [5.41, 5.74) is 1.21. The van der Waals surface area contributed by atoms with E-state index < -0.39 is 23.7 Å². The van der Waals surface area contributed by atoms with Crippen molar-refractivity contribution in [3.8, 4) is 17.0 Å². The number of aromatic nitrogens is 3. The number of nitrogens with one attached hydrogen (secondary N) is 2.